The molecular formula is C21H23N3O2. The standard InChI is InChI=1S/C19H17N3O2.C2H6/c1-13-5-7-15(8-6-13)19(23)22-16-9-10-18(21-12-16)24-17-4-3-11-20-14(17)2;1-2/h3-12H,1-2H3,(H,22,23);1-2H3. The third-order valence-electron chi connectivity index (χ3n) is 3.48. The third kappa shape index (κ3) is 5.14. The van der Waals surface area contributed by atoms with E-state index in [1.807, 2.05) is 45.9 Å². The molecule has 1 N–H and O–H groups in total. The lowest BCUT2D eigenvalue weighted by molar-refractivity contribution is 0.102. The van der Waals surface area contributed by atoms with Crippen LogP contribution in [0.5, 0.6) is 11.6 Å². The first kappa shape index (κ1) is 19.1. The summed E-state index contributed by atoms with van der Waals surface area (Å²) in [5, 5.41) is 2.81. The highest BCUT2D eigenvalue weighted by atomic mass is 16.5. The fourth-order valence-electron chi connectivity index (χ4n) is 2.11. The smallest absolute Gasteiger partial charge is 0.255 e. The van der Waals surface area contributed by atoms with Gasteiger partial charge in [0.15, 0.2) is 5.75 Å². The molecule has 5 nitrogen and oxygen atoms in total. The van der Waals surface area contributed by atoms with Gasteiger partial charge in [-0.15, -0.1) is 0 Å². The van der Waals surface area contributed by atoms with Crippen LogP contribution in [0, 0.1) is 13.8 Å². The van der Waals surface area contributed by atoms with Crippen molar-refractivity contribution in [3.63, 3.8) is 0 Å². The monoisotopic (exact) mass is 349 g/mol. The zero-order valence-corrected chi connectivity index (χ0v) is 15.5. The van der Waals surface area contributed by atoms with Gasteiger partial charge in [-0.25, -0.2) is 4.98 Å². The summed E-state index contributed by atoms with van der Waals surface area (Å²) in [5.74, 6) is 0.925. The lowest BCUT2D eigenvalue weighted by Crippen LogP contribution is -2.11. The number of benzene rings is 1. The molecule has 3 rings (SSSR count). The topological polar surface area (TPSA) is 64.1 Å². The molecule has 0 aliphatic rings. The van der Waals surface area contributed by atoms with Crippen LogP contribution in [-0.2, 0) is 0 Å². The molecule has 1 aromatic carbocycles. The number of aromatic nitrogens is 2. The summed E-state index contributed by atoms with van der Waals surface area (Å²) in [6.07, 6.45) is 3.27. The molecule has 0 bridgehead atoms. The van der Waals surface area contributed by atoms with Gasteiger partial charge in [0.2, 0.25) is 5.88 Å². The van der Waals surface area contributed by atoms with Crippen LogP contribution in [0.1, 0.15) is 35.5 Å². The maximum atomic E-state index is 12.2. The first-order chi connectivity index (χ1) is 12.6. The van der Waals surface area contributed by atoms with Gasteiger partial charge in [-0.05, 0) is 44.2 Å². The zero-order chi connectivity index (χ0) is 18.9. The van der Waals surface area contributed by atoms with Gasteiger partial charge in [0, 0.05) is 17.8 Å². The van der Waals surface area contributed by atoms with E-state index in [9.17, 15) is 4.79 Å². The second-order valence-corrected chi connectivity index (χ2v) is 5.39. The lowest BCUT2D eigenvalue weighted by Gasteiger charge is -2.08. The summed E-state index contributed by atoms with van der Waals surface area (Å²) in [6.45, 7) is 7.85. The van der Waals surface area contributed by atoms with Crippen molar-refractivity contribution in [1.82, 2.24) is 9.97 Å². The number of anilines is 1. The van der Waals surface area contributed by atoms with E-state index >= 15 is 0 Å². The molecule has 5 heteroatoms. The van der Waals surface area contributed by atoms with Crippen molar-refractivity contribution in [3.8, 4) is 11.6 Å². The average Bonchev–Trinajstić information content (AvgIpc) is 2.67. The second-order valence-electron chi connectivity index (χ2n) is 5.39. The Bertz CT molecular complexity index is 844. The molecule has 2 aromatic heterocycles. The molecule has 0 spiro atoms. The first-order valence-electron chi connectivity index (χ1n) is 8.55. The van der Waals surface area contributed by atoms with Gasteiger partial charge in [-0.2, -0.15) is 0 Å². The van der Waals surface area contributed by atoms with E-state index in [0.29, 0.717) is 22.9 Å². The molecule has 0 unspecified atom stereocenters. The number of hydrogen-bond donors (Lipinski definition) is 1. The largest absolute Gasteiger partial charge is 0.437 e. The van der Waals surface area contributed by atoms with E-state index in [1.165, 1.54) is 0 Å². The zero-order valence-electron chi connectivity index (χ0n) is 15.5. The maximum absolute atomic E-state index is 12.2. The number of carbonyl (C=O) groups is 1. The Morgan fingerprint density at radius 3 is 2.31 bits per heavy atom. The minimum Gasteiger partial charge on any atom is -0.437 e. The molecule has 2 heterocycles. The minimum absolute atomic E-state index is 0.173. The number of ether oxygens (including phenoxy) is 1. The van der Waals surface area contributed by atoms with Crippen LogP contribution in [0.2, 0.25) is 0 Å². The molecule has 0 aliphatic heterocycles. The molecule has 26 heavy (non-hydrogen) atoms. The number of nitrogens with zero attached hydrogens (tertiary/aromatic N) is 2. The Morgan fingerprint density at radius 2 is 1.69 bits per heavy atom. The Morgan fingerprint density at radius 1 is 0.962 bits per heavy atom. The number of pyridine rings is 2. The summed E-state index contributed by atoms with van der Waals surface area (Å²) in [6, 6.07) is 14.5. The Balaban J connectivity index is 0.00000117. The minimum atomic E-state index is -0.173. The lowest BCUT2D eigenvalue weighted by atomic mass is 10.1. The highest BCUT2D eigenvalue weighted by molar-refractivity contribution is 6.04. The number of carbonyl (C=O) groups excluding carboxylic acids is 1. The average molecular weight is 349 g/mol. The van der Waals surface area contributed by atoms with E-state index in [-0.39, 0.29) is 5.91 Å². The van der Waals surface area contributed by atoms with E-state index in [4.69, 9.17) is 4.74 Å². The Hall–Kier alpha value is -3.21. The molecule has 0 aliphatic carbocycles. The number of aryl methyl sites for hydroxylation is 2. The van der Waals surface area contributed by atoms with Crippen molar-refractivity contribution in [2.75, 3.05) is 5.32 Å². The molecule has 0 saturated heterocycles. The first-order valence-corrected chi connectivity index (χ1v) is 8.55. The molecule has 0 fully saturated rings. The van der Waals surface area contributed by atoms with Crippen LogP contribution >= 0.6 is 0 Å². The van der Waals surface area contributed by atoms with Crippen molar-refractivity contribution in [3.05, 3.63) is 77.7 Å². The molecule has 0 saturated carbocycles. The van der Waals surface area contributed by atoms with Crippen molar-refractivity contribution in [2.24, 2.45) is 0 Å². The summed E-state index contributed by atoms with van der Waals surface area (Å²) >= 11 is 0. The molecule has 3 aromatic rings. The SMILES string of the molecule is CC.Cc1ccc(C(=O)Nc2ccc(Oc3cccnc3C)nc2)cc1. The van der Waals surface area contributed by atoms with Gasteiger partial charge < -0.3 is 10.1 Å². The van der Waals surface area contributed by atoms with E-state index in [0.717, 1.165) is 11.3 Å². The highest BCUT2D eigenvalue weighted by Crippen LogP contribution is 2.22. The van der Waals surface area contributed by atoms with E-state index in [1.54, 1.807) is 42.7 Å². The quantitative estimate of drug-likeness (QED) is 0.706. The van der Waals surface area contributed by atoms with E-state index in [2.05, 4.69) is 15.3 Å². The number of hydrogen-bond acceptors (Lipinski definition) is 4. The number of amides is 1. The van der Waals surface area contributed by atoms with Gasteiger partial charge in [-0.1, -0.05) is 31.5 Å². The second kappa shape index (κ2) is 9.32. The van der Waals surface area contributed by atoms with Crippen LogP contribution in [0.3, 0.4) is 0 Å². The summed E-state index contributed by atoms with van der Waals surface area (Å²) in [5.41, 5.74) is 3.11. The highest BCUT2D eigenvalue weighted by Gasteiger charge is 2.07. The van der Waals surface area contributed by atoms with Crippen LogP contribution in [0.25, 0.3) is 0 Å². The predicted molar refractivity (Wildman–Crippen MR) is 104 cm³/mol. The van der Waals surface area contributed by atoms with Crippen LogP contribution in [-0.4, -0.2) is 15.9 Å². The van der Waals surface area contributed by atoms with Crippen molar-refractivity contribution in [2.45, 2.75) is 27.7 Å². The van der Waals surface area contributed by atoms with Crippen molar-refractivity contribution < 1.29 is 9.53 Å². The molecule has 0 radical (unpaired) electrons. The third-order valence-corrected chi connectivity index (χ3v) is 3.48. The van der Waals surface area contributed by atoms with Crippen LogP contribution in [0.4, 0.5) is 5.69 Å². The van der Waals surface area contributed by atoms with Crippen molar-refractivity contribution in [1.29, 1.82) is 0 Å². The van der Waals surface area contributed by atoms with Gasteiger partial charge in [0.25, 0.3) is 5.91 Å². The van der Waals surface area contributed by atoms with Crippen LogP contribution in [0.15, 0.2) is 60.9 Å². The summed E-state index contributed by atoms with van der Waals surface area (Å²) in [7, 11) is 0. The fraction of sp³-hybridized carbons (Fsp3) is 0.190. The predicted octanol–water partition coefficient (Wildman–Crippen LogP) is 5.16. The maximum Gasteiger partial charge on any atom is 0.255 e. The number of rotatable bonds is 4. The van der Waals surface area contributed by atoms with Gasteiger partial charge in [0.1, 0.15) is 0 Å². The molecule has 1 amide bonds. The van der Waals surface area contributed by atoms with Crippen LogP contribution < -0.4 is 10.1 Å². The normalized spacial score (nSPS) is 9.69. The molecule has 134 valence electrons. The van der Waals surface area contributed by atoms with Gasteiger partial charge in [-0.3, -0.25) is 9.78 Å². The molecular weight excluding hydrogens is 326 g/mol. The summed E-state index contributed by atoms with van der Waals surface area (Å²) < 4.78 is 5.68. The Labute approximate surface area is 154 Å². The Kier molecular flexibility index (Phi) is 6.85. The molecule has 0 atom stereocenters. The van der Waals surface area contributed by atoms with Crippen molar-refractivity contribution >= 4 is 11.6 Å². The van der Waals surface area contributed by atoms with Gasteiger partial charge >= 0.3 is 0 Å². The number of nitrogens with one attached hydrogen (secondary N) is 1. The summed E-state index contributed by atoms with van der Waals surface area (Å²) in [4.78, 5) is 20.5. The van der Waals surface area contributed by atoms with E-state index < -0.39 is 0 Å². The van der Waals surface area contributed by atoms with Gasteiger partial charge in [0.05, 0.1) is 17.6 Å². The fourth-order valence-corrected chi connectivity index (χ4v) is 2.11.